The predicted molar refractivity (Wildman–Crippen MR) is 102 cm³/mol. The van der Waals surface area contributed by atoms with Gasteiger partial charge in [0.05, 0.1) is 6.54 Å². The van der Waals surface area contributed by atoms with E-state index in [9.17, 15) is 9.59 Å². The molecule has 0 saturated carbocycles. The molecule has 0 aromatic heterocycles. The molecular weight excluding hydrogens is 314 g/mol. The summed E-state index contributed by atoms with van der Waals surface area (Å²) in [5.41, 5.74) is 3.24. The molecule has 1 aromatic carbocycles. The van der Waals surface area contributed by atoms with Crippen LogP contribution in [0, 0.1) is 19.8 Å². The van der Waals surface area contributed by atoms with Crippen molar-refractivity contribution < 1.29 is 9.59 Å². The van der Waals surface area contributed by atoms with E-state index in [1.165, 1.54) is 11.1 Å². The lowest BCUT2D eigenvalue weighted by molar-refractivity contribution is -0.126. The van der Waals surface area contributed by atoms with Crippen molar-refractivity contribution >= 4 is 17.5 Å². The van der Waals surface area contributed by atoms with Crippen molar-refractivity contribution in [3.05, 3.63) is 29.3 Å². The smallest absolute Gasteiger partial charge is 0.238 e. The van der Waals surface area contributed by atoms with Gasteiger partial charge in [-0.2, -0.15) is 0 Å². The van der Waals surface area contributed by atoms with Crippen LogP contribution in [0.5, 0.6) is 0 Å². The van der Waals surface area contributed by atoms with Crippen LogP contribution in [-0.4, -0.2) is 42.9 Å². The number of anilines is 1. The van der Waals surface area contributed by atoms with Crippen molar-refractivity contribution in [3.63, 3.8) is 0 Å². The van der Waals surface area contributed by atoms with Gasteiger partial charge in [0.25, 0.3) is 0 Å². The first kappa shape index (κ1) is 19.4. The zero-order valence-corrected chi connectivity index (χ0v) is 15.7. The van der Waals surface area contributed by atoms with E-state index in [-0.39, 0.29) is 17.7 Å². The van der Waals surface area contributed by atoms with Gasteiger partial charge in [-0.05, 0) is 69.5 Å². The maximum atomic E-state index is 12.2. The molecule has 2 amide bonds. The topological polar surface area (TPSA) is 61.4 Å². The number of unbranched alkanes of at least 4 members (excludes halogenated alkanes) is 1. The third-order valence-corrected chi connectivity index (χ3v) is 4.95. The molecule has 0 radical (unpaired) electrons. The fourth-order valence-corrected chi connectivity index (χ4v) is 3.11. The van der Waals surface area contributed by atoms with Crippen LogP contribution >= 0.6 is 0 Å². The Kier molecular flexibility index (Phi) is 7.44. The molecule has 1 aromatic rings. The molecule has 2 rings (SSSR count). The van der Waals surface area contributed by atoms with Gasteiger partial charge < -0.3 is 10.6 Å². The molecule has 1 heterocycles. The van der Waals surface area contributed by atoms with Gasteiger partial charge in [-0.25, -0.2) is 0 Å². The second-order valence-corrected chi connectivity index (χ2v) is 7.04. The first-order valence-electron chi connectivity index (χ1n) is 9.36. The number of aryl methyl sites for hydroxylation is 2. The van der Waals surface area contributed by atoms with E-state index in [1.54, 1.807) is 0 Å². The zero-order valence-electron chi connectivity index (χ0n) is 15.7. The van der Waals surface area contributed by atoms with Gasteiger partial charge in [-0.15, -0.1) is 0 Å². The first-order chi connectivity index (χ1) is 12.0. The average molecular weight is 345 g/mol. The quantitative estimate of drug-likeness (QED) is 0.747. The van der Waals surface area contributed by atoms with Gasteiger partial charge in [-0.1, -0.05) is 19.4 Å². The summed E-state index contributed by atoms with van der Waals surface area (Å²) in [6.45, 7) is 8.97. The maximum absolute atomic E-state index is 12.2. The van der Waals surface area contributed by atoms with Gasteiger partial charge in [0.1, 0.15) is 0 Å². The summed E-state index contributed by atoms with van der Waals surface area (Å²) in [6.07, 6.45) is 3.78. The minimum absolute atomic E-state index is 0.00843. The van der Waals surface area contributed by atoms with E-state index in [1.807, 2.05) is 25.1 Å². The molecule has 1 aliphatic rings. The molecule has 1 aliphatic heterocycles. The average Bonchev–Trinajstić information content (AvgIpc) is 2.59. The number of benzene rings is 1. The van der Waals surface area contributed by atoms with Crippen LogP contribution in [0.25, 0.3) is 0 Å². The van der Waals surface area contributed by atoms with Gasteiger partial charge in [0.15, 0.2) is 0 Å². The molecular formula is C20H31N3O2. The van der Waals surface area contributed by atoms with E-state index in [4.69, 9.17) is 0 Å². The lowest BCUT2D eigenvalue weighted by Crippen LogP contribution is -2.43. The van der Waals surface area contributed by atoms with E-state index in [0.717, 1.165) is 51.0 Å². The number of nitrogens with zero attached hydrogens (tertiary/aromatic N) is 1. The van der Waals surface area contributed by atoms with Crippen molar-refractivity contribution in [1.82, 2.24) is 10.2 Å². The number of hydrogen-bond acceptors (Lipinski definition) is 3. The van der Waals surface area contributed by atoms with Crippen LogP contribution in [0.2, 0.25) is 0 Å². The monoisotopic (exact) mass is 345 g/mol. The second kappa shape index (κ2) is 9.56. The van der Waals surface area contributed by atoms with Crippen LogP contribution < -0.4 is 10.6 Å². The normalized spacial score (nSPS) is 15.8. The van der Waals surface area contributed by atoms with Crippen molar-refractivity contribution in [3.8, 4) is 0 Å². The Morgan fingerprint density at radius 3 is 2.52 bits per heavy atom. The van der Waals surface area contributed by atoms with Crippen LogP contribution in [0.3, 0.4) is 0 Å². The molecule has 25 heavy (non-hydrogen) atoms. The molecule has 1 saturated heterocycles. The highest BCUT2D eigenvalue weighted by atomic mass is 16.2. The number of carbonyl (C=O) groups is 2. The summed E-state index contributed by atoms with van der Waals surface area (Å²) in [6, 6.07) is 5.96. The standard InChI is InChI=1S/C20H31N3O2/c1-4-5-10-21-20(25)17-8-11-23(12-9-17)14-19(24)22-18-7-6-15(2)16(3)13-18/h6-7,13,17H,4-5,8-12,14H2,1-3H3,(H,21,25)(H,22,24). The number of likely N-dealkylation sites (tertiary alicyclic amines) is 1. The fourth-order valence-electron chi connectivity index (χ4n) is 3.11. The summed E-state index contributed by atoms with van der Waals surface area (Å²) in [5, 5.41) is 5.98. The van der Waals surface area contributed by atoms with E-state index in [2.05, 4.69) is 29.4 Å². The number of carbonyl (C=O) groups excluding carboxylic acids is 2. The van der Waals surface area contributed by atoms with Crippen LogP contribution in [0.15, 0.2) is 18.2 Å². The van der Waals surface area contributed by atoms with E-state index in [0.29, 0.717) is 6.54 Å². The minimum atomic E-state index is 0.00843. The third-order valence-electron chi connectivity index (χ3n) is 4.95. The molecule has 2 N–H and O–H groups in total. The Morgan fingerprint density at radius 1 is 1.16 bits per heavy atom. The predicted octanol–water partition coefficient (Wildman–Crippen LogP) is 2.87. The number of nitrogens with one attached hydrogen (secondary N) is 2. The molecule has 0 bridgehead atoms. The largest absolute Gasteiger partial charge is 0.356 e. The van der Waals surface area contributed by atoms with Gasteiger partial charge in [0.2, 0.25) is 11.8 Å². The third kappa shape index (κ3) is 6.16. The first-order valence-corrected chi connectivity index (χ1v) is 9.36. The van der Waals surface area contributed by atoms with Crippen molar-refractivity contribution in [2.24, 2.45) is 5.92 Å². The van der Waals surface area contributed by atoms with Crippen LogP contribution in [0.1, 0.15) is 43.7 Å². The Balaban J connectivity index is 1.73. The number of amides is 2. The Bertz CT molecular complexity index is 593. The maximum Gasteiger partial charge on any atom is 0.238 e. The number of hydrogen-bond donors (Lipinski definition) is 2. The molecule has 1 fully saturated rings. The highest BCUT2D eigenvalue weighted by molar-refractivity contribution is 5.92. The van der Waals surface area contributed by atoms with Gasteiger partial charge >= 0.3 is 0 Å². The Morgan fingerprint density at radius 2 is 1.88 bits per heavy atom. The van der Waals surface area contributed by atoms with Gasteiger partial charge in [0, 0.05) is 18.2 Å². The molecule has 0 atom stereocenters. The summed E-state index contributed by atoms with van der Waals surface area (Å²) >= 11 is 0. The second-order valence-electron chi connectivity index (χ2n) is 7.04. The zero-order chi connectivity index (χ0) is 18.2. The van der Waals surface area contributed by atoms with E-state index >= 15 is 0 Å². The molecule has 0 spiro atoms. The van der Waals surface area contributed by atoms with Crippen molar-refractivity contribution in [2.45, 2.75) is 46.5 Å². The Hall–Kier alpha value is -1.88. The highest BCUT2D eigenvalue weighted by Crippen LogP contribution is 2.18. The summed E-state index contributed by atoms with van der Waals surface area (Å²) in [5.74, 6) is 0.276. The molecule has 5 nitrogen and oxygen atoms in total. The number of rotatable bonds is 7. The lowest BCUT2D eigenvalue weighted by atomic mass is 9.96. The molecule has 5 heteroatoms. The lowest BCUT2D eigenvalue weighted by Gasteiger charge is -2.30. The SMILES string of the molecule is CCCCNC(=O)C1CCN(CC(=O)Nc2ccc(C)c(C)c2)CC1. The van der Waals surface area contributed by atoms with Gasteiger partial charge in [-0.3, -0.25) is 14.5 Å². The van der Waals surface area contributed by atoms with E-state index < -0.39 is 0 Å². The van der Waals surface area contributed by atoms with Crippen molar-refractivity contribution in [2.75, 3.05) is 31.5 Å². The number of piperidine rings is 1. The molecule has 0 aliphatic carbocycles. The molecule has 0 unspecified atom stereocenters. The summed E-state index contributed by atoms with van der Waals surface area (Å²) in [4.78, 5) is 26.5. The Labute approximate surface area is 151 Å². The highest BCUT2D eigenvalue weighted by Gasteiger charge is 2.25. The molecule has 138 valence electrons. The summed E-state index contributed by atoms with van der Waals surface area (Å²) in [7, 11) is 0. The van der Waals surface area contributed by atoms with Crippen molar-refractivity contribution in [1.29, 1.82) is 0 Å². The minimum Gasteiger partial charge on any atom is -0.356 e. The van der Waals surface area contributed by atoms with Crippen LogP contribution in [0.4, 0.5) is 5.69 Å². The summed E-state index contributed by atoms with van der Waals surface area (Å²) < 4.78 is 0. The fraction of sp³-hybridized carbons (Fsp3) is 0.600. The van der Waals surface area contributed by atoms with Crippen LogP contribution in [-0.2, 0) is 9.59 Å².